The number of halogens is 1. The van der Waals surface area contributed by atoms with Crippen LogP contribution in [0.5, 0.6) is 0 Å². The topological polar surface area (TPSA) is 130 Å². The normalized spacial score (nSPS) is 12.4. The number of hydrogen-bond donors (Lipinski definition) is 3. The zero-order chi connectivity index (χ0) is 21.1. The molecular weight excluding hydrogens is 389 g/mol. The lowest BCUT2D eigenvalue weighted by Gasteiger charge is -2.15. The lowest BCUT2D eigenvalue weighted by Crippen LogP contribution is -2.36. The summed E-state index contributed by atoms with van der Waals surface area (Å²) in [7, 11) is 0. The van der Waals surface area contributed by atoms with Gasteiger partial charge in [-0.25, -0.2) is 19.2 Å². The van der Waals surface area contributed by atoms with Crippen LogP contribution in [0.1, 0.15) is 16.7 Å². The van der Waals surface area contributed by atoms with Crippen LogP contribution in [-0.4, -0.2) is 27.0 Å². The molecule has 4 rings (SSSR count). The van der Waals surface area contributed by atoms with Gasteiger partial charge in [0.25, 0.3) is 0 Å². The first-order valence-electron chi connectivity index (χ1n) is 9.06. The summed E-state index contributed by atoms with van der Waals surface area (Å²) in [6.07, 6.45) is 3.50. The monoisotopic (exact) mass is 407 g/mol. The predicted molar refractivity (Wildman–Crippen MR) is 107 cm³/mol. The number of hydrogen-bond acceptors (Lipinski definition) is 7. The molecule has 0 fully saturated rings. The minimum Gasteiger partial charge on any atom is -0.444 e. The van der Waals surface area contributed by atoms with Crippen molar-refractivity contribution in [2.75, 3.05) is 4.90 Å². The number of benzene rings is 1. The van der Waals surface area contributed by atoms with E-state index in [-0.39, 0.29) is 17.9 Å². The minimum atomic E-state index is -0.945. The van der Waals surface area contributed by atoms with Gasteiger partial charge in [0, 0.05) is 42.8 Å². The number of fused-ring (bicyclic) bond motifs is 1. The molecule has 1 amide bonds. The Morgan fingerprint density at radius 3 is 2.47 bits per heavy atom. The minimum absolute atomic E-state index is 0.0549. The van der Waals surface area contributed by atoms with Gasteiger partial charge in [-0.1, -0.05) is 24.3 Å². The molecule has 0 unspecified atom stereocenters. The molecule has 0 saturated heterocycles. The van der Waals surface area contributed by atoms with Gasteiger partial charge in [-0.2, -0.15) is 0 Å². The Bertz CT molecular complexity index is 1080. The number of alkyl carbamates (subject to hydrolysis) is 1. The molecule has 3 aromatic rings. The summed E-state index contributed by atoms with van der Waals surface area (Å²) >= 11 is 0. The fraction of sp³-hybridized carbons (Fsp3) is 0.150. The number of carbonyl (C=O) groups is 1. The van der Waals surface area contributed by atoms with Crippen molar-refractivity contribution >= 4 is 18.0 Å². The van der Waals surface area contributed by atoms with Crippen LogP contribution in [0.25, 0.3) is 11.3 Å². The van der Waals surface area contributed by atoms with Gasteiger partial charge in [-0.15, -0.1) is 0 Å². The number of amides is 1. The third-order valence-electron chi connectivity index (χ3n) is 4.60. The zero-order valence-electron chi connectivity index (χ0n) is 15.8. The Hall–Kier alpha value is -4.08. The van der Waals surface area contributed by atoms with E-state index in [1.54, 1.807) is 0 Å². The lowest BCUT2D eigenvalue weighted by atomic mass is 10.1. The predicted octanol–water partition coefficient (Wildman–Crippen LogP) is 2.32. The number of pyridine rings is 1. The van der Waals surface area contributed by atoms with Crippen LogP contribution in [0, 0.1) is 11.2 Å². The van der Waals surface area contributed by atoms with Crippen molar-refractivity contribution in [1.82, 2.24) is 20.3 Å². The maximum absolute atomic E-state index is 14.8. The van der Waals surface area contributed by atoms with Gasteiger partial charge in [-0.05, 0) is 17.2 Å². The molecular formula is C20H18FN7O2. The Morgan fingerprint density at radius 2 is 1.83 bits per heavy atom. The van der Waals surface area contributed by atoms with Crippen molar-refractivity contribution < 1.29 is 13.9 Å². The Labute approximate surface area is 171 Å². The van der Waals surface area contributed by atoms with Gasteiger partial charge in [0.1, 0.15) is 12.3 Å². The second-order valence-electron chi connectivity index (χ2n) is 6.64. The first-order chi connectivity index (χ1) is 14.5. The summed E-state index contributed by atoms with van der Waals surface area (Å²) in [4.78, 5) is 26.3. The summed E-state index contributed by atoms with van der Waals surface area (Å²) in [6, 6.07) is 9.55. The van der Waals surface area contributed by atoms with Gasteiger partial charge in [0.15, 0.2) is 11.8 Å². The molecule has 9 nitrogen and oxygen atoms in total. The van der Waals surface area contributed by atoms with E-state index in [9.17, 15) is 9.18 Å². The summed E-state index contributed by atoms with van der Waals surface area (Å²) in [6.45, 7) is 1.10. The smallest absolute Gasteiger partial charge is 0.414 e. The van der Waals surface area contributed by atoms with E-state index in [1.165, 1.54) is 35.8 Å². The highest BCUT2D eigenvalue weighted by atomic mass is 19.1. The molecule has 2 aromatic heterocycles. The molecule has 0 spiro atoms. The number of guanidine groups is 1. The van der Waals surface area contributed by atoms with E-state index in [4.69, 9.17) is 15.9 Å². The van der Waals surface area contributed by atoms with Gasteiger partial charge in [-0.3, -0.25) is 15.7 Å². The number of carbonyl (C=O) groups excluding carboxylic acids is 1. The van der Waals surface area contributed by atoms with Crippen LogP contribution in [0.3, 0.4) is 0 Å². The third kappa shape index (κ3) is 4.02. The fourth-order valence-electron chi connectivity index (χ4n) is 3.17. The quantitative estimate of drug-likeness (QED) is 0.447. The molecule has 30 heavy (non-hydrogen) atoms. The van der Waals surface area contributed by atoms with E-state index < -0.39 is 17.9 Å². The van der Waals surface area contributed by atoms with Crippen LogP contribution >= 0.6 is 0 Å². The van der Waals surface area contributed by atoms with Crippen LogP contribution in [0.4, 0.5) is 15.1 Å². The Morgan fingerprint density at radius 1 is 1.17 bits per heavy atom. The second-order valence-corrected chi connectivity index (χ2v) is 6.64. The van der Waals surface area contributed by atoms with Crippen LogP contribution < -0.4 is 16.0 Å². The van der Waals surface area contributed by atoms with Crippen molar-refractivity contribution in [2.45, 2.75) is 19.7 Å². The molecule has 1 aliphatic rings. The molecule has 0 bridgehead atoms. The van der Waals surface area contributed by atoms with Crippen LogP contribution in [0.2, 0.25) is 0 Å². The van der Waals surface area contributed by atoms with Gasteiger partial charge in [0.2, 0.25) is 5.95 Å². The number of anilines is 1. The van der Waals surface area contributed by atoms with Crippen molar-refractivity contribution in [3.05, 3.63) is 71.4 Å². The molecule has 3 heterocycles. The van der Waals surface area contributed by atoms with E-state index in [1.807, 2.05) is 22.3 Å². The molecule has 0 saturated carbocycles. The number of aromatic nitrogens is 3. The molecule has 1 aromatic carbocycles. The number of nitrogens with zero attached hydrogens (tertiary/aromatic N) is 4. The highest BCUT2D eigenvalue weighted by Gasteiger charge is 2.21. The van der Waals surface area contributed by atoms with E-state index in [0.717, 1.165) is 13.1 Å². The van der Waals surface area contributed by atoms with Crippen LogP contribution in [-0.2, 0) is 24.4 Å². The van der Waals surface area contributed by atoms with Gasteiger partial charge in [0.05, 0.1) is 0 Å². The second kappa shape index (κ2) is 8.11. The highest BCUT2D eigenvalue weighted by Crippen LogP contribution is 2.27. The van der Waals surface area contributed by atoms with Gasteiger partial charge < -0.3 is 15.4 Å². The highest BCUT2D eigenvalue weighted by molar-refractivity contribution is 5.90. The van der Waals surface area contributed by atoms with Gasteiger partial charge >= 0.3 is 6.09 Å². The molecule has 0 atom stereocenters. The van der Waals surface area contributed by atoms with Crippen molar-refractivity contribution in [1.29, 1.82) is 5.41 Å². The fourth-order valence-corrected chi connectivity index (χ4v) is 3.17. The standard InChI is InChI=1S/C20H18FN7O2/c21-16-14(11-30-20(29)27-18(22)23)5-6-24-17(16)15-7-25-19(26-8-15)28-9-12-3-1-2-4-13(12)10-28/h1-8H,9-11H2,(H4,22,23,27,29). The number of ether oxygens (including phenoxy) is 1. The van der Waals surface area contributed by atoms with Crippen molar-refractivity contribution in [3.8, 4) is 11.3 Å². The molecule has 152 valence electrons. The maximum Gasteiger partial charge on any atom is 0.414 e. The molecule has 0 aliphatic carbocycles. The molecule has 10 heteroatoms. The first kappa shape index (κ1) is 19.2. The Kier molecular flexibility index (Phi) is 5.21. The lowest BCUT2D eigenvalue weighted by molar-refractivity contribution is 0.143. The molecule has 1 aliphatic heterocycles. The summed E-state index contributed by atoms with van der Waals surface area (Å²) in [5.41, 5.74) is 8.10. The largest absolute Gasteiger partial charge is 0.444 e. The zero-order valence-corrected chi connectivity index (χ0v) is 15.8. The van der Waals surface area contributed by atoms with E-state index in [0.29, 0.717) is 11.5 Å². The van der Waals surface area contributed by atoms with E-state index >= 15 is 0 Å². The summed E-state index contributed by atoms with van der Waals surface area (Å²) < 4.78 is 19.7. The molecule has 4 N–H and O–H groups in total. The average Bonchev–Trinajstić information content (AvgIpc) is 3.17. The number of rotatable bonds is 4. The summed E-state index contributed by atoms with van der Waals surface area (Å²) in [5, 5.41) is 8.93. The summed E-state index contributed by atoms with van der Waals surface area (Å²) in [5.74, 6) is -0.650. The SMILES string of the molecule is N=C(N)NC(=O)OCc1ccnc(-c2cnc(N3Cc4ccccc4C3)nc2)c1F. The maximum atomic E-state index is 14.8. The average molecular weight is 407 g/mol. The first-order valence-corrected chi connectivity index (χ1v) is 9.06. The third-order valence-corrected chi connectivity index (χ3v) is 4.60. The number of nitrogens with two attached hydrogens (primary N) is 1. The van der Waals surface area contributed by atoms with E-state index in [2.05, 4.69) is 27.1 Å². The molecule has 0 radical (unpaired) electrons. The van der Waals surface area contributed by atoms with Crippen molar-refractivity contribution in [3.63, 3.8) is 0 Å². The Balaban J connectivity index is 1.48. The number of nitrogens with one attached hydrogen (secondary N) is 2. The van der Waals surface area contributed by atoms with Crippen LogP contribution in [0.15, 0.2) is 48.9 Å². The van der Waals surface area contributed by atoms with Crippen molar-refractivity contribution in [2.24, 2.45) is 5.73 Å².